The van der Waals surface area contributed by atoms with Gasteiger partial charge in [0.2, 0.25) is 0 Å². The third kappa shape index (κ3) is 5.12. The van der Waals surface area contributed by atoms with Gasteiger partial charge in [0.05, 0.1) is 12.2 Å². The molecule has 1 aromatic rings. The SMILES string of the molecule is CC1(C)CC(CN2CCN(C=Cc3ccc(Cl)cc3Cl)C2=N[N+](=O)[O-])CO1. The molecule has 3 rings (SSSR count). The molecule has 0 radical (unpaired) electrons. The van der Waals surface area contributed by atoms with Gasteiger partial charge in [-0.3, -0.25) is 0 Å². The number of ether oxygens (including phenoxy) is 1. The Bertz CT molecular complexity index is 782. The number of nitro groups is 1. The lowest BCUT2D eigenvalue weighted by Crippen LogP contribution is -2.35. The number of benzene rings is 1. The Morgan fingerprint density at radius 1 is 1.41 bits per heavy atom. The largest absolute Gasteiger partial charge is 0.375 e. The molecule has 9 heteroatoms. The van der Waals surface area contributed by atoms with Gasteiger partial charge < -0.3 is 14.5 Å². The van der Waals surface area contributed by atoms with Crippen molar-refractivity contribution in [2.24, 2.45) is 11.0 Å². The van der Waals surface area contributed by atoms with Gasteiger partial charge in [-0.05, 0) is 44.0 Å². The summed E-state index contributed by atoms with van der Waals surface area (Å²) in [6.45, 7) is 6.75. The van der Waals surface area contributed by atoms with Crippen molar-refractivity contribution in [3.05, 3.63) is 50.1 Å². The summed E-state index contributed by atoms with van der Waals surface area (Å²) in [6, 6.07) is 5.21. The van der Waals surface area contributed by atoms with E-state index in [-0.39, 0.29) is 5.60 Å². The maximum atomic E-state index is 11.0. The lowest BCUT2D eigenvalue weighted by Gasteiger charge is -2.22. The maximum absolute atomic E-state index is 11.0. The van der Waals surface area contributed by atoms with Gasteiger partial charge in [-0.2, -0.15) is 0 Å². The van der Waals surface area contributed by atoms with Gasteiger partial charge in [0.1, 0.15) is 5.10 Å². The summed E-state index contributed by atoms with van der Waals surface area (Å²) in [5.74, 6) is 0.664. The Hall–Kier alpha value is -1.83. The molecule has 2 aliphatic heterocycles. The van der Waals surface area contributed by atoms with Gasteiger partial charge in [0, 0.05) is 41.8 Å². The number of hydrogen-bond donors (Lipinski definition) is 0. The Kier molecular flexibility index (Phi) is 5.93. The number of nitrogens with zero attached hydrogens (tertiary/aromatic N) is 4. The van der Waals surface area contributed by atoms with Crippen LogP contribution >= 0.6 is 23.2 Å². The molecule has 0 amide bonds. The number of hydrogen-bond acceptors (Lipinski definition) is 3. The van der Waals surface area contributed by atoms with E-state index >= 15 is 0 Å². The Morgan fingerprint density at radius 2 is 2.19 bits per heavy atom. The molecule has 27 heavy (non-hydrogen) atoms. The molecule has 0 spiro atoms. The fraction of sp³-hybridized carbons (Fsp3) is 0.500. The summed E-state index contributed by atoms with van der Waals surface area (Å²) in [7, 11) is 0. The molecule has 2 heterocycles. The molecule has 0 saturated carbocycles. The minimum absolute atomic E-state index is 0.143. The second-order valence-electron chi connectivity index (χ2n) is 7.40. The van der Waals surface area contributed by atoms with E-state index in [1.54, 1.807) is 35.4 Å². The first-order chi connectivity index (χ1) is 12.7. The topological polar surface area (TPSA) is 71.2 Å². The van der Waals surface area contributed by atoms with Gasteiger partial charge >= 0.3 is 0 Å². The smallest absolute Gasteiger partial charge is 0.278 e. The van der Waals surface area contributed by atoms with Crippen LogP contribution in [0.15, 0.2) is 29.5 Å². The first-order valence-electron chi connectivity index (χ1n) is 8.75. The van der Waals surface area contributed by atoms with Gasteiger partial charge in [-0.1, -0.05) is 29.3 Å². The van der Waals surface area contributed by atoms with Crippen molar-refractivity contribution in [2.45, 2.75) is 25.9 Å². The Balaban J connectivity index is 1.73. The number of halogens is 2. The molecule has 2 saturated heterocycles. The molecule has 0 N–H and O–H groups in total. The third-order valence-corrected chi connectivity index (χ3v) is 5.25. The van der Waals surface area contributed by atoms with Crippen molar-refractivity contribution >= 4 is 35.2 Å². The van der Waals surface area contributed by atoms with Crippen LogP contribution in [0.5, 0.6) is 0 Å². The molecule has 1 unspecified atom stereocenters. The predicted octanol–water partition coefficient (Wildman–Crippen LogP) is 3.94. The number of rotatable bonds is 5. The second kappa shape index (κ2) is 8.04. The van der Waals surface area contributed by atoms with Crippen molar-refractivity contribution < 1.29 is 9.77 Å². The molecule has 2 aliphatic rings. The highest BCUT2D eigenvalue weighted by Crippen LogP contribution is 2.30. The molecule has 2 fully saturated rings. The normalized spacial score (nSPS) is 23.7. The van der Waals surface area contributed by atoms with E-state index in [9.17, 15) is 10.1 Å². The fourth-order valence-corrected chi connectivity index (χ4v) is 3.98. The first-order valence-corrected chi connectivity index (χ1v) is 9.51. The third-order valence-electron chi connectivity index (χ3n) is 4.69. The lowest BCUT2D eigenvalue weighted by atomic mass is 9.97. The van der Waals surface area contributed by atoms with Gasteiger partial charge in [0.25, 0.3) is 5.96 Å². The maximum Gasteiger partial charge on any atom is 0.278 e. The zero-order chi connectivity index (χ0) is 19.6. The van der Waals surface area contributed by atoms with Crippen LogP contribution in [-0.2, 0) is 4.74 Å². The molecule has 146 valence electrons. The van der Waals surface area contributed by atoms with Crippen LogP contribution < -0.4 is 0 Å². The molecule has 0 aromatic heterocycles. The van der Waals surface area contributed by atoms with E-state index < -0.39 is 5.03 Å². The molecular weight excluding hydrogens is 391 g/mol. The van der Waals surface area contributed by atoms with Crippen molar-refractivity contribution in [1.82, 2.24) is 9.80 Å². The number of guanidine groups is 1. The molecule has 1 atom stereocenters. The number of hydrazone groups is 1. The summed E-state index contributed by atoms with van der Waals surface area (Å²) in [5.41, 5.74) is 0.640. The summed E-state index contributed by atoms with van der Waals surface area (Å²) >= 11 is 12.1. The van der Waals surface area contributed by atoms with Crippen LogP contribution in [0, 0.1) is 16.0 Å². The van der Waals surface area contributed by atoms with E-state index in [0.717, 1.165) is 12.0 Å². The van der Waals surface area contributed by atoms with Crippen molar-refractivity contribution in [1.29, 1.82) is 0 Å². The van der Waals surface area contributed by atoms with Crippen LogP contribution in [0.25, 0.3) is 6.08 Å². The highest BCUT2D eigenvalue weighted by molar-refractivity contribution is 6.35. The second-order valence-corrected chi connectivity index (χ2v) is 8.24. The molecule has 7 nitrogen and oxygen atoms in total. The first kappa shape index (κ1) is 19.9. The van der Waals surface area contributed by atoms with Crippen molar-refractivity contribution in [2.75, 3.05) is 26.2 Å². The lowest BCUT2D eigenvalue weighted by molar-refractivity contribution is -0.486. The van der Waals surface area contributed by atoms with Crippen LogP contribution in [0.1, 0.15) is 25.8 Å². The summed E-state index contributed by atoms with van der Waals surface area (Å²) in [6.07, 6.45) is 4.50. The van der Waals surface area contributed by atoms with Crippen LogP contribution in [0.2, 0.25) is 10.0 Å². The quantitative estimate of drug-likeness (QED) is 0.540. The van der Waals surface area contributed by atoms with E-state index in [1.807, 2.05) is 4.90 Å². The zero-order valence-corrected chi connectivity index (χ0v) is 16.8. The average molecular weight is 413 g/mol. The monoisotopic (exact) mass is 412 g/mol. The minimum Gasteiger partial charge on any atom is -0.375 e. The van der Waals surface area contributed by atoms with E-state index in [2.05, 4.69) is 18.9 Å². The molecule has 0 bridgehead atoms. The standard InChI is InChI=1S/C18H22Cl2N4O3/c1-18(2)10-13(12-27-18)11-23-8-7-22(17(23)21-24(25)26)6-5-14-3-4-15(19)9-16(14)20/h3-6,9,13H,7-8,10-12H2,1-2H3. The van der Waals surface area contributed by atoms with Crippen molar-refractivity contribution in [3.63, 3.8) is 0 Å². The fourth-order valence-electron chi connectivity index (χ4n) is 3.51. The zero-order valence-electron chi connectivity index (χ0n) is 15.3. The van der Waals surface area contributed by atoms with Gasteiger partial charge in [0.15, 0.2) is 5.03 Å². The van der Waals surface area contributed by atoms with E-state index in [0.29, 0.717) is 48.2 Å². The highest BCUT2D eigenvalue weighted by Gasteiger charge is 2.36. The summed E-state index contributed by atoms with van der Waals surface area (Å²) in [4.78, 5) is 14.8. The summed E-state index contributed by atoms with van der Waals surface area (Å²) in [5, 5.41) is 15.1. The Morgan fingerprint density at radius 3 is 2.81 bits per heavy atom. The van der Waals surface area contributed by atoms with Gasteiger partial charge in [-0.25, -0.2) is 10.1 Å². The summed E-state index contributed by atoms with van der Waals surface area (Å²) < 4.78 is 5.78. The van der Waals surface area contributed by atoms with E-state index in [1.165, 1.54) is 0 Å². The van der Waals surface area contributed by atoms with Crippen LogP contribution in [0.4, 0.5) is 0 Å². The average Bonchev–Trinajstić information content (AvgIpc) is 3.10. The molecule has 0 aliphatic carbocycles. The highest BCUT2D eigenvalue weighted by atomic mass is 35.5. The van der Waals surface area contributed by atoms with Crippen LogP contribution in [-0.4, -0.2) is 52.6 Å². The molecular formula is C18H22Cl2N4O3. The van der Waals surface area contributed by atoms with Crippen LogP contribution in [0.3, 0.4) is 0 Å². The molecule has 1 aromatic carbocycles. The van der Waals surface area contributed by atoms with Crippen molar-refractivity contribution in [3.8, 4) is 0 Å². The van der Waals surface area contributed by atoms with E-state index in [4.69, 9.17) is 27.9 Å². The Labute approximate surface area is 168 Å². The minimum atomic E-state index is -0.654. The van der Waals surface area contributed by atoms with Gasteiger partial charge in [-0.15, -0.1) is 0 Å². The predicted molar refractivity (Wildman–Crippen MR) is 106 cm³/mol.